The summed E-state index contributed by atoms with van der Waals surface area (Å²) in [5.74, 6) is 0.919. The summed E-state index contributed by atoms with van der Waals surface area (Å²) in [5.41, 5.74) is -0.325. The molecule has 2 N–H and O–H groups in total. The fraction of sp³-hybridized carbons (Fsp3) is 0.933. The Hall–Kier alpha value is -0.570. The molecule has 2 aliphatic rings. The number of piperidine rings is 1. The molecular formula is C15H28N2O. The Labute approximate surface area is 111 Å². The molecule has 1 heterocycles. The standard InChI is InChI=1S/C15H28N2O/c1-3-12-8-4-5-9-13(12)17-14(18)15(2)10-6-7-11-16-15/h12-13,16H,3-11H2,1-2H3,(H,17,18). The van der Waals surface area contributed by atoms with Gasteiger partial charge in [-0.3, -0.25) is 4.79 Å². The fourth-order valence-electron chi connectivity index (χ4n) is 3.46. The Morgan fingerprint density at radius 2 is 2.06 bits per heavy atom. The number of rotatable bonds is 3. The Morgan fingerprint density at radius 3 is 2.72 bits per heavy atom. The smallest absolute Gasteiger partial charge is 0.240 e. The minimum Gasteiger partial charge on any atom is -0.351 e. The lowest BCUT2D eigenvalue weighted by molar-refractivity contribution is -0.129. The van der Waals surface area contributed by atoms with E-state index in [2.05, 4.69) is 24.5 Å². The largest absolute Gasteiger partial charge is 0.351 e. The van der Waals surface area contributed by atoms with Gasteiger partial charge < -0.3 is 10.6 Å². The maximum absolute atomic E-state index is 12.5. The lowest BCUT2D eigenvalue weighted by atomic mass is 9.82. The summed E-state index contributed by atoms with van der Waals surface area (Å²) in [6, 6.07) is 0.414. The molecule has 1 saturated heterocycles. The average Bonchev–Trinajstić information content (AvgIpc) is 2.40. The Morgan fingerprint density at radius 1 is 1.28 bits per heavy atom. The summed E-state index contributed by atoms with van der Waals surface area (Å²) < 4.78 is 0. The van der Waals surface area contributed by atoms with Crippen molar-refractivity contribution >= 4 is 5.91 Å². The van der Waals surface area contributed by atoms with E-state index in [9.17, 15) is 4.79 Å². The molecule has 0 aromatic heterocycles. The third-order valence-electron chi connectivity index (χ3n) is 4.87. The quantitative estimate of drug-likeness (QED) is 0.810. The number of nitrogens with one attached hydrogen (secondary N) is 2. The second-order valence-electron chi connectivity index (χ2n) is 6.25. The van der Waals surface area contributed by atoms with Crippen LogP contribution < -0.4 is 10.6 Å². The van der Waals surface area contributed by atoms with Crippen LogP contribution in [0.15, 0.2) is 0 Å². The highest BCUT2D eigenvalue weighted by molar-refractivity contribution is 5.86. The van der Waals surface area contributed by atoms with Gasteiger partial charge in [-0.1, -0.05) is 26.2 Å². The molecule has 0 radical (unpaired) electrons. The maximum Gasteiger partial charge on any atom is 0.240 e. The van der Waals surface area contributed by atoms with Crippen LogP contribution in [0.3, 0.4) is 0 Å². The predicted molar refractivity (Wildman–Crippen MR) is 74.4 cm³/mol. The first-order valence-electron chi connectivity index (χ1n) is 7.72. The molecule has 1 saturated carbocycles. The molecule has 2 fully saturated rings. The number of hydrogen-bond acceptors (Lipinski definition) is 2. The Balaban J connectivity index is 1.92. The van der Waals surface area contributed by atoms with E-state index in [0.717, 1.165) is 13.0 Å². The van der Waals surface area contributed by atoms with E-state index >= 15 is 0 Å². The molecule has 1 amide bonds. The highest BCUT2D eigenvalue weighted by Gasteiger charge is 2.36. The third-order valence-corrected chi connectivity index (χ3v) is 4.87. The molecule has 3 heteroatoms. The topological polar surface area (TPSA) is 41.1 Å². The molecule has 3 unspecified atom stereocenters. The van der Waals surface area contributed by atoms with Crippen LogP contribution in [-0.4, -0.2) is 24.0 Å². The normalized spacial score (nSPS) is 37.2. The minimum absolute atomic E-state index is 0.229. The van der Waals surface area contributed by atoms with Crippen molar-refractivity contribution in [3.05, 3.63) is 0 Å². The highest BCUT2D eigenvalue weighted by Crippen LogP contribution is 2.28. The Bertz CT molecular complexity index is 284. The van der Waals surface area contributed by atoms with Crippen LogP contribution in [0.5, 0.6) is 0 Å². The third kappa shape index (κ3) is 3.05. The van der Waals surface area contributed by atoms with Gasteiger partial charge >= 0.3 is 0 Å². The summed E-state index contributed by atoms with van der Waals surface area (Å²) >= 11 is 0. The van der Waals surface area contributed by atoms with Crippen LogP contribution in [0.2, 0.25) is 0 Å². The zero-order valence-electron chi connectivity index (χ0n) is 11.9. The van der Waals surface area contributed by atoms with Crippen molar-refractivity contribution in [2.24, 2.45) is 5.92 Å². The number of amides is 1. The summed E-state index contributed by atoms with van der Waals surface area (Å²) in [6.45, 7) is 5.28. The van der Waals surface area contributed by atoms with Crippen molar-refractivity contribution in [1.82, 2.24) is 10.6 Å². The predicted octanol–water partition coefficient (Wildman–Crippen LogP) is 2.60. The Kier molecular flexibility index (Phi) is 4.66. The van der Waals surface area contributed by atoms with Crippen molar-refractivity contribution in [2.45, 2.75) is 76.8 Å². The maximum atomic E-state index is 12.5. The van der Waals surface area contributed by atoms with E-state index in [0.29, 0.717) is 12.0 Å². The SMILES string of the molecule is CCC1CCCCC1NC(=O)C1(C)CCCCN1. The number of carbonyl (C=O) groups is 1. The number of carbonyl (C=O) groups excluding carboxylic acids is 1. The van der Waals surface area contributed by atoms with Gasteiger partial charge in [0.1, 0.15) is 0 Å². The van der Waals surface area contributed by atoms with Crippen molar-refractivity contribution in [3.8, 4) is 0 Å². The lowest BCUT2D eigenvalue weighted by Crippen LogP contribution is -2.59. The van der Waals surface area contributed by atoms with E-state index in [4.69, 9.17) is 0 Å². The van der Waals surface area contributed by atoms with E-state index in [1.54, 1.807) is 0 Å². The molecule has 1 aliphatic carbocycles. The van der Waals surface area contributed by atoms with E-state index in [1.165, 1.54) is 44.9 Å². The van der Waals surface area contributed by atoms with Crippen LogP contribution in [-0.2, 0) is 4.79 Å². The molecule has 3 nitrogen and oxygen atoms in total. The summed E-state index contributed by atoms with van der Waals surface area (Å²) in [6.07, 6.45) is 9.58. The second-order valence-corrected chi connectivity index (χ2v) is 6.25. The van der Waals surface area contributed by atoms with E-state index < -0.39 is 0 Å². The van der Waals surface area contributed by atoms with Gasteiger partial charge in [0.05, 0.1) is 5.54 Å². The lowest BCUT2D eigenvalue weighted by Gasteiger charge is -2.38. The van der Waals surface area contributed by atoms with Gasteiger partial charge in [-0.25, -0.2) is 0 Å². The molecule has 104 valence electrons. The van der Waals surface area contributed by atoms with E-state index in [1.807, 2.05) is 0 Å². The molecule has 0 bridgehead atoms. The monoisotopic (exact) mass is 252 g/mol. The first-order chi connectivity index (χ1) is 8.65. The van der Waals surface area contributed by atoms with Gasteiger partial charge in [-0.05, 0) is 51.5 Å². The van der Waals surface area contributed by atoms with Gasteiger partial charge in [0.25, 0.3) is 0 Å². The first kappa shape index (κ1) is 13.9. The fourth-order valence-corrected chi connectivity index (χ4v) is 3.46. The van der Waals surface area contributed by atoms with Crippen LogP contribution in [0, 0.1) is 5.92 Å². The van der Waals surface area contributed by atoms with Crippen LogP contribution in [0.1, 0.15) is 65.2 Å². The van der Waals surface area contributed by atoms with Gasteiger partial charge in [0, 0.05) is 6.04 Å². The molecule has 0 aromatic carbocycles. The van der Waals surface area contributed by atoms with Gasteiger partial charge in [0.15, 0.2) is 0 Å². The molecule has 18 heavy (non-hydrogen) atoms. The number of hydrogen-bond donors (Lipinski definition) is 2. The van der Waals surface area contributed by atoms with Crippen molar-refractivity contribution in [3.63, 3.8) is 0 Å². The van der Waals surface area contributed by atoms with Crippen LogP contribution in [0.4, 0.5) is 0 Å². The summed E-state index contributed by atoms with van der Waals surface area (Å²) in [7, 11) is 0. The van der Waals surface area contributed by atoms with Crippen LogP contribution >= 0.6 is 0 Å². The molecule has 0 spiro atoms. The van der Waals surface area contributed by atoms with Gasteiger partial charge in [0.2, 0.25) is 5.91 Å². The van der Waals surface area contributed by atoms with Crippen molar-refractivity contribution in [2.75, 3.05) is 6.54 Å². The average molecular weight is 252 g/mol. The molecule has 2 rings (SSSR count). The zero-order chi connectivity index (χ0) is 13.0. The van der Waals surface area contributed by atoms with Crippen molar-refractivity contribution < 1.29 is 4.79 Å². The molecule has 0 aromatic rings. The molecule has 1 aliphatic heterocycles. The first-order valence-corrected chi connectivity index (χ1v) is 7.72. The minimum atomic E-state index is -0.325. The molecular weight excluding hydrogens is 224 g/mol. The van der Waals surface area contributed by atoms with Gasteiger partial charge in [-0.15, -0.1) is 0 Å². The van der Waals surface area contributed by atoms with Gasteiger partial charge in [-0.2, -0.15) is 0 Å². The zero-order valence-corrected chi connectivity index (χ0v) is 11.9. The molecule has 3 atom stereocenters. The van der Waals surface area contributed by atoms with Crippen molar-refractivity contribution in [1.29, 1.82) is 0 Å². The summed E-state index contributed by atoms with van der Waals surface area (Å²) in [4.78, 5) is 12.5. The van der Waals surface area contributed by atoms with E-state index in [-0.39, 0.29) is 11.4 Å². The second kappa shape index (κ2) is 6.05. The van der Waals surface area contributed by atoms with Crippen LogP contribution in [0.25, 0.3) is 0 Å². The summed E-state index contributed by atoms with van der Waals surface area (Å²) in [5, 5.41) is 6.73. The highest BCUT2D eigenvalue weighted by atomic mass is 16.2.